The first-order chi connectivity index (χ1) is 7.13. The average Bonchev–Trinajstić information content (AvgIpc) is 2.85. The van der Waals surface area contributed by atoms with Crippen molar-refractivity contribution < 1.29 is 9.47 Å². The Morgan fingerprint density at radius 1 is 1.20 bits per heavy atom. The van der Waals surface area contributed by atoms with E-state index in [1.165, 1.54) is 12.8 Å². The van der Waals surface area contributed by atoms with Crippen molar-refractivity contribution in [3.63, 3.8) is 0 Å². The van der Waals surface area contributed by atoms with Crippen LogP contribution in [0.5, 0.6) is 11.5 Å². The molecule has 0 spiro atoms. The van der Waals surface area contributed by atoms with Gasteiger partial charge in [-0.15, -0.1) is 0 Å². The van der Waals surface area contributed by atoms with Crippen LogP contribution >= 0.6 is 15.9 Å². The number of ether oxygens (including phenoxy) is 2. The third kappa shape index (κ3) is 3.42. The first kappa shape index (κ1) is 10.8. The molecule has 0 atom stereocenters. The molecule has 82 valence electrons. The van der Waals surface area contributed by atoms with Gasteiger partial charge in [-0.2, -0.15) is 0 Å². The highest BCUT2D eigenvalue weighted by atomic mass is 79.9. The summed E-state index contributed by atoms with van der Waals surface area (Å²) in [7, 11) is 0. The van der Waals surface area contributed by atoms with Gasteiger partial charge in [0.15, 0.2) is 0 Å². The molecule has 0 bridgehead atoms. The number of rotatable bonds is 4. The highest BCUT2D eigenvalue weighted by Gasteiger charge is 2.23. The van der Waals surface area contributed by atoms with E-state index in [1.54, 1.807) is 0 Å². The molecule has 0 unspecified atom stereocenters. The van der Waals surface area contributed by atoms with Crippen LogP contribution in [-0.4, -0.2) is 12.2 Å². The maximum absolute atomic E-state index is 5.72. The zero-order valence-electron chi connectivity index (χ0n) is 9.00. The highest BCUT2D eigenvalue weighted by molar-refractivity contribution is 9.10. The van der Waals surface area contributed by atoms with Crippen molar-refractivity contribution in [1.82, 2.24) is 0 Å². The van der Waals surface area contributed by atoms with Crippen LogP contribution in [0.15, 0.2) is 22.7 Å². The van der Waals surface area contributed by atoms with Gasteiger partial charge in [-0.1, -0.05) is 15.9 Å². The van der Waals surface area contributed by atoms with Crippen LogP contribution in [0.4, 0.5) is 0 Å². The van der Waals surface area contributed by atoms with Crippen LogP contribution in [0.3, 0.4) is 0 Å². The van der Waals surface area contributed by atoms with Crippen LogP contribution in [-0.2, 0) is 0 Å². The van der Waals surface area contributed by atoms with Crippen molar-refractivity contribution in [2.24, 2.45) is 0 Å². The minimum absolute atomic E-state index is 0.188. The van der Waals surface area contributed by atoms with Crippen LogP contribution < -0.4 is 9.47 Å². The largest absolute Gasteiger partial charge is 0.491 e. The Kier molecular flexibility index (Phi) is 3.19. The summed E-state index contributed by atoms with van der Waals surface area (Å²) >= 11 is 3.45. The van der Waals surface area contributed by atoms with Gasteiger partial charge in [0.2, 0.25) is 0 Å². The molecule has 1 aliphatic carbocycles. The lowest BCUT2D eigenvalue weighted by Crippen LogP contribution is -2.06. The molecule has 0 saturated heterocycles. The van der Waals surface area contributed by atoms with E-state index in [0.29, 0.717) is 6.10 Å². The Hall–Kier alpha value is -0.700. The molecule has 2 rings (SSSR count). The number of halogens is 1. The predicted octanol–water partition coefficient (Wildman–Crippen LogP) is 3.78. The standard InChI is InChI=1S/C12H15BrO2/c1-8(2)14-11-5-9(13)6-12(7-11)15-10-3-4-10/h5-8,10H,3-4H2,1-2H3. The van der Waals surface area contributed by atoms with Crippen molar-refractivity contribution in [2.75, 3.05) is 0 Å². The van der Waals surface area contributed by atoms with Crippen molar-refractivity contribution in [2.45, 2.75) is 38.9 Å². The molecule has 1 aromatic rings. The van der Waals surface area contributed by atoms with E-state index in [-0.39, 0.29) is 6.10 Å². The van der Waals surface area contributed by atoms with E-state index in [4.69, 9.17) is 9.47 Å². The molecule has 2 nitrogen and oxygen atoms in total. The van der Waals surface area contributed by atoms with E-state index in [1.807, 2.05) is 32.0 Å². The van der Waals surface area contributed by atoms with E-state index in [2.05, 4.69) is 15.9 Å². The van der Waals surface area contributed by atoms with E-state index < -0.39 is 0 Å². The molecule has 0 heterocycles. The molecular weight excluding hydrogens is 256 g/mol. The van der Waals surface area contributed by atoms with Crippen molar-refractivity contribution in [3.8, 4) is 11.5 Å². The molecule has 0 aliphatic heterocycles. The molecule has 0 aromatic heterocycles. The molecule has 1 aromatic carbocycles. The quantitative estimate of drug-likeness (QED) is 0.829. The van der Waals surface area contributed by atoms with E-state index in [9.17, 15) is 0 Å². The van der Waals surface area contributed by atoms with Crippen LogP contribution in [0.25, 0.3) is 0 Å². The number of hydrogen-bond acceptors (Lipinski definition) is 2. The Morgan fingerprint density at radius 3 is 2.47 bits per heavy atom. The minimum Gasteiger partial charge on any atom is -0.491 e. The Morgan fingerprint density at radius 2 is 1.87 bits per heavy atom. The zero-order valence-corrected chi connectivity index (χ0v) is 10.6. The maximum atomic E-state index is 5.72. The second kappa shape index (κ2) is 4.44. The first-order valence-electron chi connectivity index (χ1n) is 5.27. The predicted molar refractivity (Wildman–Crippen MR) is 63.6 cm³/mol. The summed E-state index contributed by atoms with van der Waals surface area (Å²) in [5.41, 5.74) is 0. The Labute approximate surface area is 98.7 Å². The van der Waals surface area contributed by atoms with Gasteiger partial charge in [0.05, 0.1) is 12.2 Å². The third-order valence-electron chi connectivity index (χ3n) is 2.04. The average molecular weight is 271 g/mol. The SMILES string of the molecule is CC(C)Oc1cc(Br)cc(OC2CC2)c1. The fourth-order valence-electron chi connectivity index (χ4n) is 1.32. The summed E-state index contributed by atoms with van der Waals surface area (Å²) in [6.45, 7) is 4.03. The summed E-state index contributed by atoms with van der Waals surface area (Å²) in [4.78, 5) is 0. The summed E-state index contributed by atoms with van der Waals surface area (Å²) < 4.78 is 12.3. The van der Waals surface area contributed by atoms with Gasteiger partial charge in [-0.25, -0.2) is 0 Å². The topological polar surface area (TPSA) is 18.5 Å². The van der Waals surface area contributed by atoms with Gasteiger partial charge < -0.3 is 9.47 Å². The lowest BCUT2D eigenvalue weighted by molar-refractivity contribution is 0.239. The highest BCUT2D eigenvalue weighted by Crippen LogP contribution is 2.32. The summed E-state index contributed by atoms with van der Waals surface area (Å²) in [5.74, 6) is 1.75. The van der Waals surface area contributed by atoms with Crippen LogP contribution in [0.1, 0.15) is 26.7 Å². The zero-order chi connectivity index (χ0) is 10.8. The molecular formula is C12H15BrO2. The smallest absolute Gasteiger partial charge is 0.124 e. The number of benzene rings is 1. The lowest BCUT2D eigenvalue weighted by Gasteiger charge is -2.12. The molecule has 15 heavy (non-hydrogen) atoms. The second-order valence-electron chi connectivity index (χ2n) is 4.11. The van der Waals surface area contributed by atoms with E-state index >= 15 is 0 Å². The minimum atomic E-state index is 0.188. The van der Waals surface area contributed by atoms with Gasteiger partial charge in [0, 0.05) is 10.5 Å². The van der Waals surface area contributed by atoms with Gasteiger partial charge >= 0.3 is 0 Å². The number of hydrogen-bond donors (Lipinski definition) is 0. The van der Waals surface area contributed by atoms with Crippen molar-refractivity contribution in [1.29, 1.82) is 0 Å². The first-order valence-corrected chi connectivity index (χ1v) is 6.06. The molecule has 0 radical (unpaired) electrons. The van der Waals surface area contributed by atoms with Crippen LogP contribution in [0, 0.1) is 0 Å². The van der Waals surface area contributed by atoms with Gasteiger partial charge in [0.25, 0.3) is 0 Å². The van der Waals surface area contributed by atoms with Crippen molar-refractivity contribution >= 4 is 15.9 Å². The third-order valence-corrected chi connectivity index (χ3v) is 2.50. The van der Waals surface area contributed by atoms with Crippen LogP contribution in [0.2, 0.25) is 0 Å². The molecule has 0 N–H and O–H groups in total. The van der Waals surface area contributed by atoms with Gasteiger partial charge in [-0.05, 0) is 38.8 Å². The second-order valence-corrected chi connectivity index (χ2v) is 5.02. The van der Waals surface area contributed by atoms with Gasteiger partial charge in [0.1, 0.15) is 11.5 Å². The molecule has 1 fully saturated rings. The monoisotopic (exact) mass is 270 g/mol. The molecule has 1 aliphatic rings. The summed E-state index contributed by atoms with van der Waals surface area (Å²) in [6.07, 6.45) is 2.96. The molecule has 0 amide bonds. The van der Waals surface area contributed by atoms with Crippen molar-refractivity contribution in [3.05, 3.63) is 22.7 Å². The Bertz CT molecular complexity index is 323. The van der Waals surface area contributed by atoms with Gasteiger partial charge in [-0.3, -0.25) is 0 Å². The molecule has 1 saturated carbocycles. The Balaban J connectivity index is 2.11. The fourth-order valence-corrected chi connectivity index (χ4v) is 1.77. The van der Waals surface area contributed by atoms with E-state index in [0.717, 1.165) is 16.0 Å². The fraction of sp³-hybridized carbons (Fsp3) is 0.500. The summed E-state index contributed by atoms with van der Waals surface area (Å²) in [6, 6.07) is 5.88. The summed E-state index contributed by atoms with van der Waals surface area (Å²) in [5, 5.41) is 0. The lowest BCUT2D eigenvalue weighted by atomic mass is 10.3. The molecule has 3 heteroatoms. The maximum Gasteiger partial charge on any atom is 0.124 e. The normalized spacial score (nSPS) is 15.5.